The zero-order valence-electron chi connectivity index (χ0n) is 18.2. The Morgan fingerprint density at radius 2 is 1.91 bits per heavy atom. The van der Waals surface area contributed by atoms with Crippen molar-refractivity contribution in [2.75, 3.05) is 24.7 Å². The fourth-order valence-electron chi connectivity index (χ4n) is 3.47. The van der Waals surface area contributed by atoms with Crippen molar-refractivity contribution >= 4 is 32.7 Å². The van der Waals surface area contributed by atoms with E-state index in [2.05, 4.69) is 9.88 Å². The van der Waals surface area contributed by atoms with Crippen LogP contribution in [-0.4, -0.2) is 49.6 Å². The highest BCUT2D eigenvalue weighted by molar-refractivity contribution is 7.86. The molecule has 2 aromatic carbocycles. The predicted octanol–water partition coefficient (Wildman–Crippen LogP) is 3.51. The molecule has 0 saturated carbocycles. The quantitative estimate of drug-likeness (QED) is 0.315. The molecule has 0 unspecified atom stereocenters. The first-order valence-corrected chi connectivity index (χ1v) is 12.2. The van der Waals surface area contributed by atoms with Gasteiger partial charge in [0, 0.05) is 48.9 Å². The SMILES string of the molecule is CCO[C@@H](Cc1ccc(NCCCn2ccc3cc(OS(C)(=O)=O)ccc32)cc1)C(=O)O. The van der Waals surface area contributed by atoms with Gasteiger partial charge in [-0.15, -0.1) is 0 Å². The van der Waals surface area contributed by atoms with Crippen LogP contribution in [0.1, 0.15) is 18.9 Å². The lowest BCUT2D eigenvalue weighted by atomic mass is 10.1. The number of carboxylic acids is 1. The van der Waals surface area contributed by atoms with Crippen LogP contribution in [0.25, 0.3) is 10.9 Å². The largest absolute Gasteiger partial charge is 0.479 e. The maximum Gasteiger partial charge on any atom is 0.333 e. The number of rotatable bonds is 12. The van der Waals surface area contributed by atoms with E-state index in [1.165, 1.54) is 0 Å². The number of aliphatic carboxylic acids is 1. The second-order valence-electron chi connectivity index (χ2n) is 7.48. The zero-order valence-corrected chi connectivity index (χ0v) is 19.0. The smallest absolute Gasteiger partial charge is 0.333 e. The summed E-state index contributed by atoms with van der Waals surface area (Å²) in [5.74, 6) is -0.649. The topological polar surface area (TPSA) is 107 Å². The number of hydrogen-bond donors (Lipinski definition) is 2. The molecule has 0 aliphatic rings. The number of nitrogens with zero attached hydrogens (tertiary/aromatic N) is 1. The molecule has 9 heteroatoms. The van der Waals surface area contributed by atoms with Crippen molar-refractivity contribution in [3.05, 3.63) is 60.3 Å². The number of benzene rings is 2. The molecule has 0 aliphatic carbocycles. The van der Waals surface area contributed by atoms with Gasteiger partial charge in [-0.05, 0) is 55.3 Å². The molecule has 1 aromatic heterocycles. The summed E-state index contributed by atoms with van der Waals surface area (Å²) < 4.78 is 34.9. The molecule has 0 amide bonds. The summed E-state index contributed by atoms with van der Waals surface area (Å²) in [7, 11) is -3.55. The molecule has 0 aliphatic heterocycles. The summed E-state index contributed by atoms with van der Waals surface area (Å²) in [5.41, 5.74) is 2.89. The number of ether oxygens (including phenoxy) is 1. The number of anilines is 1. The second-order valence-corrected chi connectivity index (χ2v) is 9.06. The van der Waals surface area contributed by atoms with Crippen LogP contribution >= 0.6 is 0 Å². The Morgan fingerprint density at radius 1 is 1.16 bits per heavy atom. The first kappa shape index (κ1) is 23.6. The third kappa shape index (κ3) is 6.73. The molecule has 0 fully saturated rings. The fourth-order valence-corrected chi connectivity index (χ4v) is 3.93. The molecule has 8 nitrogen and oxygen atoms in total. The summed E-state index contributed by atoms with van der Waals surface area (Å²) in [6.45, 7) is 3.72. The molecule has 0 saturated heterocycles. The van der Waals surface area contributed by atoms with Gasteiger partial charge in [-0.25, -0.2) is 4.79 Å². The molecule has 0 spiro atoms. The number of fused-ring (bicyclic) bond motifs is 1. The Labute approximate surface area is 187 Å². The van der Waals surface area contributed by atoms with E-state index in [4.69, 9.17) is 8.92 Å². The minimum absolute atomic E-state index is 0.304. The van der Waals surface area contributed by atoms with Crippen molar-refractivity contribution in [3.63, 3.8) is 0 Å². The highest BCUT2D eigenvalue weighted by Gasteiger charge is 2.17. The third-order valence-corrected chi connectivity index (χ3v) is 5.41. The Kier molecular flexibility index (Phi) is 7.76. The summed E-state index contributed by atoms with van der Waals surface area (Å²) in [6.07, 6.45) is 3.39. The van der Waals surface area contributed by atoms with Crippen molar-refractivity contribution < 1.29 is 27.2 Å². The van der Waals surface area contributed by atoms with E-state index in [0.29, 0.717) is 18.8 Å². The number of aryl methyl sites for hydroxylation is 1. The lowest BCUT2D eigenvalue weighted by Crippen LogP contribution is -2.26. The standard InChI is InChI=1S/C23H28N2O6S/c1-3-30-22(23(26)27)15-17-5-7-19(8-6-17)24-12-4-13-25-14-11-18-16-20(9-10-21(18)25)31-32(2,28)29/h5-11,14,16,22,24H,3-4,12-13,15H2,1-2H3,(H,26,27)/t22-/m0/s1. The van der Waals surface area contributed by atoms with Gasteiger partial charge in [0.2, 0.25) is 0 Å². The average molecular weight is 461 g/mol. The Hall–Kier alpha value is -3.04. The van der Waals surface area contributed by atoms with E-state index >= 15 is 0 Å². The monoisotopic (exact) mass is 460 g/mol. The molecule has 3 aromatic rings. The van der Waals surface area contributed by atoms with Crippen LogP contribution in [0.2, 0.25) is 0 Å². The Morgan fingerprint density at radius 3 is 2.56 bits per heavy atom. The normalized spacial score (nSPS) is 12.6. The van der Waals surface area contributed by atoms with Crippen LogP contribution in [-0.2, 0) is 32.6 Å². The van der Waals surface area contributed by atoms with Gasteiger partial charge in [0.05, 0.1) is 6.26 Å². The summed E-state index contributed by atoms with van der Waals surface area (Å²) in [6, 6.07) is 14.9. The van der Waals surface area contributed by atoms with E-state index in [-0.39, 0.29) is 0 Å². The maximum atomic E-state index is 11.3. The highest BCUT2D eigenvalue weighted by atomic mass is 32.2. The molecular weight excluding hydrogens is 432 g/mol. The summed E-state index contributed by atoms with van der Waals surface area (Å²) >= 11 is 0. The van der Waals surface area contributed by atoms with Crippen molar-refractivity contribution in [1.29, 1.82) is 0 Å². The fraction of sp³-hybridized carbons (Fsp3) is 0.348. The van der Waals surface area contributed by atoms with Gasteiger partial charge in [0.25, 0.3) is 0 Å². The molecule has 0 bridgehead atoms. The molecule has 3 rings (SSSR count). The molecule has 172 valence electrons. The van der Waals surface area contributed by atoms with Crippen molar-refractivity contribution in [2.24, 2.45) is 0 Å². The molecule has 1 atom stereocenters. The Balaban J connectivity index is 1.50. The van der Waals surface area contributed by atoms with E-state index in [1.54, 1.807) is 19.1 Å². The van der Waals surface area contributed by atoms with Gasteiger partial charge in [-0.2, -0.15) is 8.42 Å². The van der Waals surface area contributed by atoms with E-state index in [1.807, 2.05) is 42.6 Å². The van der Waals surface area contributed by atoms with Crippen LogP contribution in [0.3, 0.4) is 0 Å². The molecule has 0 radical (unpaired) electrons. The number of carboxylic acid groups (broad SMARTS) is 1. The summed E-state index contributed by atoms with van der Waals surface area (Å²) in [5, 5.41) is 13.5. The minimum Gasteiger partial charge on any atom is -0.479 e. The second kappa shape index (κ2) is 10.5. The minimum atomic E-state index is -3.55. The number of carbonyl (C=O) groups is 1. The number of aromatic nitrogens is 1. The van der Waals surface area contributed by atoms with Gasteiger partial charge < -0.3 is 23.9 Å². The lowest BCUT2D eigenvalue weighted by molar-refractivity contribution is -0.149. The number of nitrogens with one attached hydrogen (secondary N) is 1. The van der Waals surface area contributed by atoms with Crippen molar-refractivity contribution in [3.8, 4) is 5.75 Å². The van der Waals surface area contributed by atoms with E-state index in [0.717, 1.165) is 47.9 Å². The lowest BCUT2D eigenvalue weighted by Gasteiger charge is -2.13. The predicted molar refractivity (Wildman–Crippen MR) is 124 cm³/mol. The van der Waals surface area contributed by atoms with Gasteiger partial charge in [-0.1, -0.05) is 12.1 Å². The van der Waals surface area contributed by atoms with Crippen LogP contribution in [0.4, 0.5) is 5.69 Å². The molecule has 32 heavy (non-hydrogen) atoms. The van der Waals surface area contributed by atoms with Crippen LogP contribution < -0.4 is 9.50 Å². The van der Waals surface area contributed by atoms with E-state index in [9.17, 15) is 18.3 Å². The van der Waals surface area contributed by atoms with Crippen LogP contribution in [0, 0.1) is 0 Å². The first-order chi connectivity index (χ1) is 15.2. The Bertz CT molecular complexity index is 1150. The van der Waals surface area contributed by atoms with Crippen LogP contribution in [0.15, 0.2) is 54.7 Å². The van der Waals surface area contributed by atoms with Gasteiger partial charge >= 0.3 is 16.1 Å². The van der Waals surface area contributed by atoms with Crippen LogP contribution in [0.5, 0.6) is 5.75 Å². The van der Waals surface area contributed by atoms with Gasteiger partial charge in [0.1, 0.15) is 5.75 Å². The summed E-state index contributed by atoms with van der Waals surface area (Å²) in [4.78, 5) is 11.2. The zero-order chi connectivity index (χ0) is 23.1. The molecular formula is C23H28N2O6S. The average Bonchev–Trinajstić information content (AvgIpc) is 3.13. The van der Waals surface area contributed by atoms with Gasteiger partial charge in [0.15, 0.2) is 6.10 Å². The van der Waals surface area contributed by atoms with Crippen molar-refractivity contribution in [1.82, 2.24) is 4.57 Å². The molecule has 1 heterocycles. The first-order valence-electron chi connectivity index (χ1n) is 10.4. The third-order valence-electron chi connectivity index (χ3n) is 4.91. The highest BCUT2D eigenvalue weighted by Crippen LogP contribution is 2.23. The van der Waals surface area contributed by atoms with Gasteiger partial charge in [-0.3, -0.25) is 0 Å². The molecule has 2 N–H and O–H groups in total. The van der Waals surface area contributed by atoms with Crippen molar-refractivity contribution in [2.45, 2.75) is 32.4 Å². The van der Waals surface area contributed by atoms with E-state index < -0.39 is 22.2 Å². The maximum absolute atomic E-state index is 11.3. The number of hydrogen-bond acceptors (Lipinski definition) is 6.